The van der Waals surface area contributed by atoms with E-state index in [1.54, 1.807) is 18.5 Å². The van der Waals surface area contributed by atoms with Crippen LogP contribution >= 0.6 is 22.9 Å². The van der Waals surface area contributed by atoms with E-state index in [2.05, 4.69) is 5.32 Å². The molecule has 0 aliphatic heterocycles. The average Bonchev–Trinajstić information content (AvgIpc) is 3.16. The van der Waals surface area contributed by atoms with E-state index in [4.69, 9.17) is 11.6 Å². The molecule has 1 N–H and O–H groups in total. The third kappa shape index (κ3) is 3.57. The van der Waals surface area contributed by atoms with Gasteiger partial charge >= 0.3 is 0 Å². The Morgan fingerprint density at radius 1 is 1.39 bits per heavy atom. The lowest BCUT2D eigenvalue weighted by Crippen LogP contribution is -2.39. The molecule has 4 nitrogen and oxygen atoms in total. The Hall–Kier alpha value is -1.85. The summed E-state index contributed by atoms with van der Waals surface area (Å²) in [5.41, 5.74) is 2.92. The van der Waals surface area contributed by atoms with Crippen molar-refractivity contribution in [2.75, 3.05) is 13.6 Å². The van der Waals surface area contributed by atoms with Crippen molar-refractivity contribution < 1.29 is 9.59 Å². The maximum absolute atomic E-state index is 12.2. The van der Waals surface area contributed by atoms with Gasteiger partial charge < -0.3 is 10.2 Å². The fourth-order valence-electron chi connectivity index (χ4n) is 2.87. The van der Waals surface area contributed by atoms with Crippen molar-refractivity contribution in [1.29, 1.82) is 0 Å². The monoisotopic (exact) mass is 348 g/mol. The first-order chi connectivity index (χ1) is 11.0. The molecule has 0 bridgehead atoms. The van der Waals surface area contributed by atoms with Crippen LogP contribution in [-0.2, 0) is 11.2 Å². The summed E-state index contributed by atoms with van der Waals surface area (Å²) < 4.78 is 0. The maximum Gasteiger partial charge on any atom is 0.254 e. The van der Waals surface area contributed by atoms with Crippen LogP contribution in [-0.4, -0.2) is 30.3 Å². The van der Waals surface area contributed by atoms with Gasteiger partial charge in [0.05, 0.1) is 18.2 Å². The SMILES string of the molecule is CN(CC(=O)N[C@@H]1CCc2cc(Cl)ccc21)C(=O)c1ccsc1. The van der Waals surface area contributed by atoms with E-state index < -0.39 is 0 Å². The molecule has 0 saturated heterocycles. The molecule has 0 unspecified atom stereocenters. The van der Waals surface area contributed by atoms with Crippen LogP contribution in [0.5, 0.6) is 0 Å². The standard InChI is InChI=1S/C17H17ClN2O2S/c1-20(17(22)12-6-7-23-10-12)9-16(21)19-15-5-2-11-8-13(18)3-4-14(11)15/h3-4,6-8,10,15H,2,5,9H2,1H3,(H,19,21)/t15-/m1/s1. The molecule has 1 atom stereocenters. The van der Waals surface area contributed by atoms with E-state index in [9.17, 15) is 9.59 Å². The van der Waals surface area contributed by atoms with Gasteiger partial charge in [-0.3, -0.25) is 9.59 Å². The summed E-state index contributed by atoms with van der Waals surface area (Å²) in [5, 5.41) is 7.37. The van der Waals surface area contributed by atoms with Crippen molar-refractivity contribution in [2.24, 2.45) is 0 Å². The molecule has 1 aromatic heterocycles. The number of nitrogens with zero attached hydrogens (tertiary/aromatic N) is 1. The molecule has 1 heterocycles. The molecular weight excluding hydrogens is 332 g/mol. The van der Waals surface area contributed by atoms with Gasteiger partial charge in [0.25, 0.3) is 5.91 Å². The molecule has 3 rings (SSSR count). The summed E-state index contributed by atoms with van der Waals surface area (Å²) in [5.74, 6) is -0.288. The summed E-state index contributed by atoms with van der Waals surface area (Å²) in [4.78, 5) is 25.8. The number of carbonyl (C=O) groups is 2. The minimum atomic E-state index is -0.149. The largest absolute Gasteiger partial charge is 0.348 e. The fraction of sp³-hybridized carbons (Fsp3) is 0.294. The van der Waals surface area contributed by atoms with Gasteiger partial charge in [0.15, 0.2) is 0 Å². The molecule has 0 spiro atoms. The molecule has 0 saturated carbocycles. The first-order valence-corrected chi connectivity index (χ1v) is 8.72. The third-order valence-electron chi connectivity index (χ3n) is 4.01. The number of nitrogens with one attached hydrogen (secondary N) is 1. The second kappa shape index (κ2) is 6.72. The van der Waals surface area contributed by atoms with Crippen molar-refractivity contribution in [3.05, 3.63) is 56.7 Å². The van der Waals surface area contributed by atoms with Crippen LogP contribution in [0.2, 0.25) is 5.02 Å². The summed E-state index contributed by atoms with van der Waals surface area (Å²) in [6.07, 6.45) is 1.77. The van der Waals surface area contributed by atoms with Gasteiger partial charge in [0.2, 0.25) is 5.91 Å². The predicted octanol–water partition coefficient (Wildman–Crippen LogP) is 3.28. The van der Waals surface area contributed by atoms with Gasteiger partial charge in [-0.15, -0.1) is 0 Å². The Morgan fingerprint density at radius 3 is 2.96 bits per heavy atom. The van der Waals surface area contributed by atoms with E-state index in [0.29, 0.717) is 5.56 Å². The number of fused-ring (bicyclic) bond motifs is 1. The Morgan fingerprint density at radius 2 is 2.22 bits per heavy atom. The van der Waals surface area contributed by atoms with Crippen LogP contribution in [0, 0.1) is 0 Å². The number of hydrogen-bond donors (Lipinski definition) is 1. The second-order valence-electron chi connectivity index (χ2n) is 5.68. The molecule has 1 aliphatic carbocycles. The molecule has 120 valence electrons. The fourth-order valence-corrected chi connectivity index (χ4v) is 3.69. The number of carbonyl (C=O) groups excluding carboxylic acids is 2. The van der Waals surface area contributed by atoms with E-state index in [1.165, 1.54) is 21.8 Å². The Balaban J connectivity index is 1.59. The van der Waals surface area contributed by atoms with E-state index in [0.717, 1.165) is 23.4 Å². The van der Waals surface area contributed by atoms with Gasteiger partial charge in [-0.1, -0.05) is 17.7 Å². The van der Waals surface area contributed by atoms with E-state index in [1.807, 2.05) is 23.6 Å². The van der Waals surface area contributed by atoms with Crippen LogP contribution < -0.4 is 5.32 Å². The number of likely N-dealkylation sites (N-methyl/N-ethyl adjacent to an activating group) is 1. The van der Waals surface area contributed by atoms with Crippen LogP contribution in [0.25, 0.3) is 0 Å². The number of aryl methyl sites for hydroxylation is 1. The second-order valence-corrected chi connectivity index (χ2v) is 6.89. The molecular formula is C17H17ClN2O2S. The molecule has 1 aromatic carbocycles. The average molecular weight is 349 g/mol. The number of hydrogen-bond acceptors (Lipinski definition) is 3. The smallest absolute Gasteiger partial charge is 0.254 e. The lowest BCUT2D eigenvalue weighted by atomic mass is 10.1. The molecule has 0 radical (unpaired) electrons. The van der Waals surface area contributed by atoms with Gasteiger partial charge in [-0.05, 0) is 47.5 Å². The Kier molecular flexibility index (Phi) is 4.68. The van der Waals surface area contributed by atoms with Crippen LogP contribution in [0.3, 0.4) is 0 Å². The predicted molar refractivity (Wildman–Crippen MR) is 91.9 cm³/mol. The van der Waals surface area contributed by atoms with Gasteiger partial charge in [0, 0.05) is 17.5 Å². The first-order valence-electron chi connectivity index (χ1n) is 7.40. The summed E-state index contributed by atoms with van der Waals surface area (Å²) in [7, 11) is 1.64. The normalized spacial score (nSPS) is 16.0. The maximum atomic E-state index is 12.2. The highest BCUT2D eigenvalue weighted by atomic mass is 35.5. The zero-order chi connectivity index (χ0) is 16.4. The lowest BCUT2D eigenvalue weighted by molar-refractivity contribution is -0.122. The van der Waals surface area contributed by atoms with Crippen LogP contribution in [0.1, 0.15) is 33.9 Å². The van der Waals surface area contributed by atoms with Gasteiger partial charge in [-0.25, -0.2) is 0 Å². The molecule has 23 heavy (non-hydrogen) atoms. The minimum absolute atomic E-state index is 0.000541. The molecule has 6 heteroatoms. The van der Waals surface area contributed by atoms with E-state index in [-0.39, 0.29) is 24.4 Å². The quantitative estimate of drug-likeness (QED) is 0.921. The van der Waals surface area contributed by atoms with Crippen LogP contribution in [0.15, 0.2) is 35.0 Å². The summed E-state index contributed by atoms with van der Waals surface area (Å²) >= 11 is 7.46. The van der Waals surface area contributed by atoms with Crippen molar-refractivity contribution >= 4 is 34.8 Å². The molecule has 1 aliphatic rings. The summed E-state index contributed by atoms with van der Waals surface area (Å²) in [6.45, 7) is 0.0497. The van der Waals surface area contributed by atoms with Crippen molar-refractivity contribution in [3.63, 3.8) is 0 Å². The minimum Gasteiger partial charge on any atom is -0.348 e. The summed E-state index contributed by atoms with van der Waals surface area (Å²) in [6, 6.07) is 7.53. The highest BCUT2D eigenvalue weighted by Crippen LogP contribution is 2.32. The van der Waals surface area contributed by atoms with Crippen molar-refractivity contribution in [2.45, 2.75) is 18.9 Å². The topological polar surface area (TPSA) is 49.4 Å². The Bertz CT molecular complexity index is 730. The number of thiophene rings is 1. The first kappa shape index (κ1) is 16.0. The van der Waals surface area contributed by atoms with Gasteiger partial charge in [0.1, 0.15) is 0 Å². The van der Waals surface area contributed by atoms with Crippen molar-refractivity contribution in [3.8, 4) is 0 Å². The van der Waals surface area contributed by atoms with E-state index >= 15 is 0 Å². The molecule has 2 aromatic rings. The third-order valence-corrected chi connectivity index (χ3v) is 4.93. The zero-order valence-corrected chi connectivity index (χ0v) is 14.3. The highest BCUT2D eigenvalue weighted by molar-refractivity contribution is 7.08. The molecule has 0 fully saturated rings. The van der Waals surface area contributed by atoms with Crippen LogP contribution in [0.4, 0.5) is 0 Å². The number of benzene rings is 1. The molecule has 2 amide bonds. The number of amides is 2. The lowest BCUT2D eigenvalue weighted by Gasteiger charge is -2.19. The Labute approximate surface area is 144 Å². The zero-order valence-electron chi connectivity index (χ0n) is 12.7. The van der Waals surface area contributed by atoms with Gasteiger partial charge in [-0.2, -0.15) is 11.3 Å². The van der Waals surface area contributed by atoms with Crippen molar-refractivity contribution in [1.82, 2.24) is 10.2 Å². The highest BCUT2D eigenvalue weighted by Gasteiger charge is 2.25. The number of rotatable bonds is 4. The number of halogens is 1.